The average molecular weight is 435 g/mol. The number of aliphatic carboxylic acids is 1. The number of carboxylic acid groups (broad SMARTS) is 1. The lowest BCUT2D eigenvalue weighted by Crippen LogP contribution is -2.68. The Labute approximate surface area is 171 Å². The molecule has 0 aromatic heterocycles. The summed E-state index contributed by atoms with van der Waals surface area (Å²) in [5.41, 5.74) is 0. The minimum atomic E-state index is -2.90. The van der Waals surface area contributed by atoms with Gasteiger partial charge in [0.25, 0.3) is 5.79 Å². The van der Waals surface area contributed by atoms with Crippen LogP contribution in [-0.2, 0) is 42.9 Å². The maximum Gasteiger partial charge on any atom is 0.364 e. The van der Waals surface area contributed by atoms with Gasteiger partial charge in [-0.1, -0.05) is 0 Å². The summed E-state index contributed by atoms with van der Waals surface area (Å²) in [4.78, 5) is 57.4. The van der Waals surface area contributed by atoms with E-state index in [2.05, 4.69) is 10.1 Å². The molecule has 0 spiro atoms. The number of carbonyl (C=O) groups is 5. The molecule has 0 bridgehead atoms. The Hall–Kier alpha value is -2.77. The van der Waals surface area contributed by atoms with Crippen LogP contribution in [0.25, 0.3) is 0 Å². The van der Waals surface area contributed by atoms with Crippen molar-refractivity contribution in [3.05, 3.63) is 0 Å². The molecule has 0 aliphatic carbocycles. The topological polar surface area (TPSA) is 195 Å². The van der Waals surface area contributed by atoms with Gasteiger partial charge < -0.3 is 39.6 Å². The lowest BCUT2D eigenvalue weighted by molar-refractivity contribution is -0.297. The van der Waals surface area contributed by atoms with E-state index in [1.165, 1.54) is 0 Å². The molecule has 0 aromatic carbocycles. The highest BCUT2D eigenvalue weighted by Crippen LogP contribution is 2.33. The van der Waals surface area contributed by atoms with E-state index in [1.807, 2.05) is 0 Å². The molecule has 4 N–H and O–H groups in total. The Morgan fingerprint density at radius 3 is 2.13 bits per heavy atom. The maximum atomic E-state index is 11.7. The normalized spacial score (nSPS) is 27.9. The predicted molar refractivity (Wildman–Crippen MR) is 93.4 cm³/mol. The van der Waals surface area contributed by atoms with Crippen LogP contribution >= 0.6 is 0 Å². The van der Waals surface area contributed by atoms with Crippen molar-refractivity contribution in [2.24, 2.45) is 0 Å². The summed E-state index contributed by atoms with van der Waals surface area (Å²) in [6.45, 7) is 3.49. The second-order valence-corrected chi connectivity index (χ2v) is 6.69. The second-order valence-electron chi connectivity index (χ2n) is 6.69. The summed E-state index contributed by atoms with van der Waals surface area (Å²) < 4.78 is 20.0. The Bertz CT molecular complexity index is 694. The van der Waals surface area contributed by atoms with E-state index in [-0.39, 0.29) is 0 Å². The molecule has 1 amide bonds. The Morgan fingerprint density at radius 2 is 1.70 bits per heavy atom. The van der Waals surface area contributed by atoms with Crippen LogP contribution in [0.1, 0.15) is 34.1 Å². The first-order valence-corrected chi connectivity index (χ1v) is 8.83. The van der Waals surface area contributed by atoms with Gasteiger partial charge in [-0.15, -0.1) is 0 Å². The van der Waals surface area contributed by atoms with Crippen molar-refractivity contribution in [1.29, 1.82) is 0 Å². The summed E-state index contributed by atoms with van der Waals surface area (Å²) in [6.07, 6.45) is -7.36. The Morgan fingerprint density at radius 1 is 1.10 bits per heavy atom. The number of carbonyl (C=O) groups excluding carboxylic acids is 4. The summed E-state index contributed by atoms with van der Waals surface area (Å²) in [5, 5.41) is 32.6. The van der Waals surface area contributed by atoms with Crippen molar-refractivity contribution in [2.45, 2.75) is 70.4 Å². The molecule has 1 fully saturated rings. The molecule has 6 atom stereocenters. The fourth-order valence-corrected chi connectivity index (χ4v) is 2.96. The average Bonchev–Trinajstić information content (AvgIpc) is 2.58. The van der Waals surface area contributed by atoms with Crippen LogP contribution < -0.4 is 5.32 Å². The third-order valence-corrected chi connectivity index (χ3v) is 4.05. The van der Waals surface area contributed by atoms with Crippen molar-refractivity contribution in [3.8, 4) is 0 Å². The molecule has 170 valence electrons. The molecular weight excluding hydrogens is 410 g/mol. The van der Waals surface area contributed by atoms with Crippen molar-refractivity contribution < 1.29 is 58.2 Å². The molecule has 1 aliphatic rings. The first-order chi connectivity index (χ1) is 13.8. The van der Waals surface area contributed by atoms with E-state index in [0.29, 0.717) is 0 Å². The number of hydrogen-bond acceptors (Lipinski definition) is 11. The molecule has 13 nitrogen and oxygen atoms in total. The number of aliphatic hydroxyl groups excluding tert-OH is 1. The largest absolute Gasteiger partial charge is 0.477 e. The standard InChI is InChI=1S/C17H25NO12/c1-7(19)18-13-12(28-9(3)21)5-17(26,16(24)25)30-15(13)14(29-10(4)22)11(23)6-27-8(2)20/h11-15,23,26H,5-6H2,1-4H3,(H,18,19)(H,24,25)/t11-,12+,13-,14-,15-,17?/m1/s1. The second kappa shape index (κ2) is 10.3. The number of rotatable bonds is 8. The molecular formula is C17H25NO12. The molecule has 0 aromatic rings. The van der Waals surface area contributed by atoms with Crippen LogP contribution in [0.15, 0.2) is 0 Å². The zero-order valence-electron chi connectivity index (χ0n) is 16.8. The van der Waals surface area contributed by atoms with Crippen LogP contribution in [0.2, 0.25) is 0 Å². The van der Waals surface area contributed by atoms with Gasteiger partial charge in [0.2, 0.25) is 5.91 Å². The molecule has 1 unspecified atom stereocenters. The van der Waals surface area contributed by atoms with E-state index in [1.54, 1.807) is 0 Å². The van der Waals surface area contributed by atoms with E-state index in [4.69, 9.17) is 14.2 Å². The molecule has 1 rings (SSSR count). The fourth-order valence-electron chi connectivity index (χ4n) is 2.96. The van der Waals surface area contributed by atoms with Gasteiger partial charge in [0.15, 0.2) is 6.10 Å². The third-order valence-electron chi connectivity index (χ3n) is 4.05. The quantitative estimate of drug-likeness (QED) is 0.238. The number of esters is 3. The number of carboxylic acids is 1. The zero-order chi connectivity index (χ0) is 23.2. The van der Waals surface area contributed by atoms with Gasteiger partial charge in [0, 0.05) is 27.7 Å². The molecule has 0 radical (unpaired) electrons. The lowest BCUT2D eigenvalue weighted by atomic mass is 9.88. The summed E-state index contributed by atoms with van der Waals surface area (Å²) in [6, 6.07) is -1.33. The SMILES string of the molecule is CC(=O)N[C@H]1[C@H]([C@H](OC(C)=O)[C@H](O)COC(C)=O)OC(O)(C(=O)O)C[C@@H]1OC(C)=O. The number of nitrogens with one attached hydrogen (secondary N) is 1. The monoisotopic (exact) mass is 435 g/mol. The van der Waals surface area contributed by atoms with E-state index >= 15 is 0 Å². The molecule has 1 aliphatic heterocycles. The van der Waals surface area contributed by atoms with Gasteiger partial charge >= 0.3 is 23.9 Å². The van der Waals surface area contributed by atoms with Crippen LogP contribution in [0.4, 0.5) is 0 Å². The molecule has 30 heavy (non-hydrogen) atoms. The van der Waals surface area contributed by atoms with Gasteiger partial charge in [0.1, 0.15) is 24.9 Å². The minimum Gasteiger partial charge on any atom is -0.477 e. The van der Waals surface area contributed by atoms with Gasteiger partial charge in [-0.25, -0.2) is 4.79 Å². The third kappa shape index (κ3) is 6.93. The highest BCUT2D eigenvalue weighted by molar-refractivity contribution is 5.76. The van der Waals surface area contributed by atoms with E-state index in [0.717, 1.165) is 27.7 Å². The van der Waals surface area contributed by atoms with Crippen molar-refractivity contribution in [3.63, 3.8) is 0 Å². The Kier molecular flexibility index (Phi) is 8.69. The molecule has 13 heteroatoms. The number of hydrogen-bond donors (Lipinski definition) is 4. The van der Waals surface area contributed by atoms with Crippen LogP contribution in [-0.4, -0.2) is 88.0 Å². The van der Waals surface area contributed by atoms with Crippen molar-refractivity contribution in [1.82, 2.24) is 5.32 Å². The van der Waals surface area contributed by atoms with Gasteiger partial charge in [0.05, 0.1) is 12.5 Å². The van der Waals surface area contributed by atoms with Crippen LogP contribution in [0.3, 0.4) is 0 Å². The van der Waals surface area contributed by atoms with Gasteiger partial charge in [-0.05, 0) is 0 Å². The number of amides is 1. The lowest BCUT2D eigenvalue weighted by Gasteiger charge is -2.46. The van der Waals surface area contributed by atoms with Gasteiger partial charge in [-0.3, -0.25) is 19.2 Å². The van der Waals surface area contributed by atoms with E-state index in [9.17, 15) is 39.3 Å². The van der Waals surface area contributed by atoms with Crippen LogP contribution in [0.5, 0.6) is 0 Å². The van der Waals surface area contributed by atoms with Crippen molar-refractivity contribution >= 4 is 29.8 Å². The fraction of sp³-hybridized carbons (Fsp3) is 0.706. The summed E-state index contributed by atoms with van der Waals surface area (Å²) in [7, 11) is 0. The van der Waals surface area contributed by atoms with Crippen molar-refractivity contribution in [2.75, 3.05) is 6.61 Å². The molecule has 0 saturated carbocycles. The zero-order valence-corrected chi connectivity index (χ0v) is 16.8. The van der Waals surface area contributed by atoms with Crippen LogP contribution in [0, 0.1) is 0 Å². The Balaban J connectivity index is 3.43. The first kappa shape index (κ1) is 25.3. The predicted octanol–water partition coefficient (Wildman–Crippen LogP) is -2.16. The number of ether oxygens (including phenoxy) is 4. The summed E-state index contributed by atoms with van der Waals surface area (Å²) >= 11 is 0. The van der Waals surface area contributed by atoms with E-state index < -0.39 is 79.1 Å². The molecule has 1 heterocycles. The summed E-state index contributed by atoms with van der Waals surface area (Å²) in [5.74, 6) is -7.95. The minimum absolute atomic E-state index is 0.650. The highest BCUT2D eigenvalue weighted by Gasteiger charge is 2.56. The number of aliphatic hydroxyl groups is 2. The first-order valence-electron chi connectivity index (χ1n) is 8.83. The smallest absolute Gasteiger partial charge is 0.364 e. The maximum absolute atomic E-state index is 11.7. The highest BCUT2D eigenvalue weighted by atomic mass is 16.7. The molecule has 1 saturated heterocycles. The van der Waals surface area contributed by atoms with Gasteiger partial charge in [-0.2, -0.15) is 0 Å².